The van der Waals surface area contributed by atoms with Gasteiger partial charge in [-0.05, 0) is 67.3 Å². The van der Waals surface area contributed by atoms with Crippen LogP contribution in [0.1, 0.15) is 29.7 Å². The van der Waals surface area contributed by atoms with E-state index in [1.54, 1.807) is 31.4 Å². The summed E-state index contributed by atoms with van der Waals surface area (Å²) in [6.07, 6.45) is 3.28. The van der Waals surface area contributed by atoms with Gasteiger partial charge in [-0.1, -0.05) is 6.07 Å². The van der Waals surface area contributed by atoms with Crippen molar-refractivity contribution in [1.29, 1.82) is 0 Å². The van der Waals surface area contributed by atoms with E-state index >= 15 is 0 Å². The van der Waals surface area contributed by atoms with E-state index in [4.69, 9.17) is 9.15 Å². The molecule has 0 aliphatic carbocycles. The molecule has 160 valence electrons. The molecule has 8 nitrogen and oxygen atoms in total. The fraction of sp³-hybridized carbons (Fsp3) is 0.217. The number of nitrogens with one attached hydrogen (secondary N) is 1. The van der Waals surface area contributed by atoms with Crippen molar-refractivity contribution >= 4 is 17.8 Å². The highest BCUT2D eigenvalue weighted by Gasteiger charge is 2.08. The third-order valence-electron chi connectivity index (χ3n) is 4.77. The highest BCUT2D eigenvalue weighted by Crippen LogP contribution is 2.24. The SMILES string of the molecule is COc1ccc(CCCC(=O)N/N=C\c2ccc(-c3ccc([N+](=O)[O-])cc3)o2)c(C)c1. The Labute approximate surface area is 179 Å². The van der Waals surface area contributed by atoms with Crippen LogP contribution in [0.2, 0.25) is 0 Å². The first kappa shape index (κ1) is 21.8. The number of hydrazone groups is 1. The lowest BCUT2D eigenvalue weighted by Gasteiger charge is -2.07. The second kappa shape index (κ2) is 10.2. The fourth-order valence-corrected chi connectivity index (χ4v) is 3.06. The van der Waals surface area contributed by atoms with Crippen molar-refractivity contribution in [3.05, 3.63) is 81.6 Å². The summed E-state index contributed by atoms with van der Waals surface area (Å²) >= 11 is 0. The van der Waals surface area contributed by atoms with Crippen molar-refractivity contribution in [2.45, 2.75) is 26.2 Å². The van der Waals surface area contributed by atoms with Gasteiger partial charge in [0.1, 0.15) is 17.3 Å². The van der Waals surface area contributed by atoms with Gasteiger partial charge in [-0.25, -0.2) is 5.43 Å². The van der Waals surface area contributed by atoms with Crippen LogP contribution in [-0.4, -0.2) is 24.2 Å². The zero-order valence-corrected chi connectivity index (χ0v) is 17.3. The Morgan fingerprint density at radius 2 is 1.97 bits per heavy atom. The molecule has 0 spiro atoms. The van der Waals surface area contributed by atoms with Crippen LogP contribution in [0.5, 0.6) is 5.75 Å². The van der Waals surface area contributed by atoms with Gasteiger partial charge in [-0.15, -0.1) is 0 Å². The fourth-order valence-electron chi connectivity index (χ4n) is 3.06. The van der Waals surface area contributed by atoms with Gasteiger partial charge in [0.05, 0.1) is 18.2 Å². The largest absolute Gasteiger partial charge is 0.497 e. The number of carbonyl (C=O) groups is 1. The number of ether oxygens (including phenoxy) is 1. The van der Waals surface area contributed by atoms with E-state index < -0.39 is 4.92 Å². The Hall–Kier alpha value is -3.94. The van der Waals surface area contributed by atoms with Crippen LogP contribution >= 0.6 is 0 Å². The van der Waals surface area contributed by atoms with Gasteiger partial charge in [0, 0.05) is 24.1 Å². The van der Waals surface area contributed by atoms with Crippen LogP contribution in [0.3, 0.4) is 0 Å². The average molecular weight is 421 g/mol. The van der Waals surface area contributed by atoms with Crippen LogP contribution in [0, 0.1) is 17.0 Å². The lowest BCUT2D eigenvalue weighted by atomic mass is 10.0. The summed E-state index contributed by atoms with van der Waals surface area (Å²) in [7, 11) is 1.64. The minimum absolute atomic E-state index is 0.0157. The van der Waals surface area contributed by atoms with Gasteiger partial charge < -0.3 is 9.15 Å². The molecule has 0 radical (unpaired) electrons. The van der Waals surface area contributed by atoms with Crippen molar-refractivity contribution in [1.82, 2.24) is 5.43 Å². The topological polar surface area (TPSA) is 107 Å². The summed E-state index contributed by atoms with van der Waals surface area (Å²) in [6.45, 7) is 2.02. The average Bonchev–Trinajstić information content (AvgIpc) is 3.24. The van der Waals surface area contributed by atoms with Crippen LogP contribution in [0.15, 0.2) is 64.1 Å². The number of aryl methyl sites for hydroxylation is 2. The number of non-ortho nitro benzene ring substituents is 1. The quantitative estimate of drug-likeness (QED) is 0.308. The lowest BCUT2D eigenvalue weighted by molar-refractivity contribution is -0.384. The number of hydrogen-bond acceptors (Lipinski definition) is 6. The lowest BCUT2D eigenvalue weighted by Crippen LogP contribution is -2.17. The number of benzene rings is 2. The number of furan rings is 1. The van der Waals surface area contributed by atoms with Crippen LogP contribution in [-0.2, 0) is 11.2 Å². The number of methoxy groups -OCH3 is 1. The number of nitro groups is 1. The molecular weight excluding hydrogens is 398 g/mol. The molecule has 1 amide bonds. The molecule has 3 aromatic rings. The molecule has 1 heterocycles. The number of carbonyl (C=O) groups excluding carboxylic acids is 1. The molecule has 3 rings (SSSR count). The molecule has 0 saturated carbocycles. The molecule has 0 fully saturated rings. The summed E-state index contributed by atoms with van der Waals surface area (Å²) in [5.41, 5.74) is 5.55. The maximum Gasteiger partial charge on any atom is 0.269 e. The van der Waals surface area contributed by atoms with Crippen molar-refractivity contribution in [2.24, 2.45) is 5.10 Å². The van der Waals surface area contributed by atoms with Crippen LogP contribution in [0.4, 0.5) is 5.69 Å². The number of hydrogen-bond donors (Lipinski definition) is 1. The molecular formula is C23H23N3O5. The summed E-state index contributed by atoms with van der Waals surface area (Å²) in [6, 6.07) is 15.4. The Balaban J connectivity index is 1.46. The molecule has 1 N–H and O–H groups in total. The minimum Gasteiger partial charge on any atom is -0.497 e. The predicted octanol–water partition coefficient (Wildman–Crippen LogP) is 4.64. The standard InChI is InChI=1S/C23H23N3O5/c1-16-14-20(30-2)11-8-17(16)4-3-5-23(27)25-24-15-21-12-13-22(31-21)18-6-9-19(10-7-18)26(28)29/h6-15H,3-5H2,1-2H3,(H,25,27)/b24-15-. The highest BCUT2D eigenvalue weighted by atomic mass is 16.6. The maximum atomic E-state index is 12.0. The molecule has 0 aliphatic heterocycles. The van der Waals surface area contributed by atoms with Gasteiger partial charge in [-0.2, -0.15) is 5.10 Å². The third kappa shape index (κ3) is 6.02. The van der Waals surface area contributed by atoms with Gasteiger partial charge in [0.2, 0.25) is 5.91 Å². The first-order chi connectivity index (χ1) is 15.0. The summed E-state index contributed by atoms with van der Waals surface area (Å²) in [5.74, 6) is 1.66. The first-order valence-corrected chi connectivity index (χ1v) is 9.76. The summed E-state index contributed by atoms with van der Waals surface area (Å²) < 4.78 is 10.8. The van der Waals surface area contributed by atoms with Crippen LogP contribution in [0.25, 0.3) is 11.3 Å². The monoisotopic (exact) mass is 421 g/mol. The Bertz CT molecular complexity index is 1090. The summed E-state index contributed by atoms with van der Waals surface area (Å²) in [5, 5.41) is 14.7. The van der Waals surface area contributed by atoms with E-state index in [0.717, 1.165) is 17.7 Å². The van der Waals surface area contributed by atoms with Crippen molar-refractivity contribution in [3.63, 3.8) is 0 Å². The van der Waals surface area contributed by atoms with Crippen LogP contribution < -0.4 is 10.2 Å². The molecule has 0 unspecified atom stereocenters. The molecule has 2 aromatic carbocycles. The van der Waals surface area contributed by atoms with E-state index in [2.05, 4.69) is 10.5 Å². The Morgan fingerprint density at radius 3 is 2.65 bits per heavy atom. The zero-order valence-electron chi connectivity index (χ0n) is 17.3. The van der Waals surface area contributed by atoms with E-state index in [1.165, 1.54) is 23.9 Å². The van der Waals surface area contributed by atoms with Crippen molar-refractivity contribution < 1.29 is 18.9 Å². The normalized spacial score (nSPS) is 10.9. The Morgan fingerprint density at radius 1 is 1.19 bits per heavy atom. The summed E-state index contributed by atoms with van der Waals surface area (Å²) in [4.78, 5) is 22.3. The van der Waals surface area contributed by atoms with E-state index in [9.17, 15) is 14.9 Å². The number of nitro benzene ring substituents is 1. The third-order valence-corrected chi connectivity index (χ3v) is 4.77. The molecule has 0 saturated heterocycles. The molecule has 0 bridgehead atoms. The first-order valence-electron chi connectivity index (χ1n) is 9.76. The minimum atomic E-state index is -0.454. The number of nitrogens with zero attached hydrogens (tertiary/aromatic N) is 2. The Kier molecular flexibility index (Phi) is 7.16. The van der Waals surface area contributed by atoms with Gasteiger partial charge in [0.25, 0.3) is 5.69 Å². The number of amides is 1. The van der Waals surface area contributed by atoms with Gasteiger partial charge in [-0.3, -0.25) is 14.9 Å². The van der Waals surface area contributed by atoms with Crippen molar-refractivity contribution in [3.8, 4) is 17.1 Å². The predicted molar refractivity (Wildman–Crippen MR) is 117 cm³/mol. The maximum absolute atomic E-state index is 12.0. The smallest absolute Gasteiger partial charge is 0.269 e. The molecule has 1 aromatic heterocycles. The highest BCUT2D eigenvalue weighted by molar-refractivity contribution is 5.81. The molecule has 8 heteroatoms. The van der Waals surface area contributed by atoms with E-state index in [-0.39, 0.29) is 11.6 Å². The van der Waals surface area contributed by atoms with Gasteiger partial charge in [0.15, 0.2) is 0 Å². The van der Waals surface area contributed by atoms with Crippen molar-refractivity contribution in [2.75, 3.05) is 7.11 Å². The zero-order chi connectivity index (χ0) is 22.2. The van der Waals surface area contributed by atoms with E-state index in [1.807, 2.05) is 25.1 Å². The second-order valence-corrected chi connectivity index (χ2v) is 6.95. The molecule has 0 aliphatic rings. The van der Waals surface area contributed by atoms with Gasteiger partial charge >= 0.3 is 0 Å². The second-order valence-electron chi connectivity index (χ2n) is 6.95. The molecule has 0 atom stereocenters. The van der Waals surface area contributed by atoms with E-state index in [0.29, 0.717) is 29.9 Å². The number of rotatable bonds is 9. The molecule has 31 heavy (non-hydrogen) atoms.